The third-order valence-corrected chi connectivity index (χ3v) is 3.64. The SMILES string of the molecule is COC(=O)C1CCCCN1C(=O)C(CN)C(C)C. The molecule has 1 aliphatic rings. The van der Waals surface area contributed by atoms with Gasteiger partial charge >= 0.3 is 5.97 Å². The van der Waals surface area contributed by atoms with Gasteiger partial charge in [-0.25, -0.2) is 4.79 Å². The summed E-state index contributed by atoms with van der Waals surface area (Å²) in [6.45, 7) is 4.90. The summed E-state index contributed by atoms with van der Waals surface area (Å²) in [7, 11) is 1.36. The Kier molecular flexibility index (Phi) is 5.59. The summed E-state index contributed by atoms with van der Waals surface area (Å²) >= 11 is 0. The number of carbonyl (C=O) groups is 2. The number of nitrogens with zero attached hydrogens (tertiary/aromatic N) is 1. The molecule has 1 amide bonds. The Balaban J connectivity index is 2.82. The first-order valence-electron chi connectivity index (χ1n) is 6.61. The van der Waals surface area contributed by atoms with Crippen molar-refractivity contribution in [3.8, 4) is 0 Å². The van der Waals surface area contributed by atoms with Gasteiger partial charge < -0.3 is 15.4 Å². The number of amides is 1. The van der Waals surface area contributed by atoms with E-state index >= 15 is 0 Å². The van der Waals surface area contributed by atoms with Crippen molar-refractivity contribution in [1.29, 1.82) is 0 Å². The number of esters is 1. The smallest absolute Gasteiger partial charge is 0.328 e. The fraction of sp³-hybridized carbons (Fsp3) is 0.846. The maximum Gasteiger partial charge on any atom is 0.328 e. The van der Waals surface area contributed by atoms with Crippen molar-refractivity contribution in [3.05, 3.63) is 0 Å². The van der Waals surface area contributed by atoms with Crippen LogP contribution < -0.4 is 5.73 Å². The van der Waals surface area contributed by atoms with Gasteiger partial charge in [0, 0.05) is 13.1 Å². The first-order chi connectivity index (χ1) is 8.52. The molecule has 0 aliphatic carbocycles. The van der Waals surface area contributed by atoms with Crippen molar-refractivity contribution in [2.75, 3.05) is 20.2 Å². The van der Waals surface area contributed by atoms with Crippen LogP contribution in [-0.2, 0) is 14.3 Å². The number of methoxy groups -OCH3 is 1. The van der Waals surface area contributed by atoms with E-state index in [0.29, 0.717) is 19.5 Å². The topological polar surface area (TPSA) is 72.6 Å². The Labute approximate surface area is 109 Å². The monoisotopic (exact) mass is 256 g/mol. The number of ether oxygens (including phenoxy) is 1. The van der Waals surface area contributed by atoms with E-state index in [2.05, 4.69) is 0 Å². The average Bonchev–Trinajstić information content (AvgIpc) is 2.38. The van der Waals surface area contributed by atoms with E-state index in [1.807, 2.05) is 13.8 Å². The molecule has 2 unspecified atom stereocenters. The van der Waals surface area contributed by atoms with Gasteiger partial charge in [-0.1, -0.05) is 13.8 Å². The molecule has 0 aromatic heterocycles. The fourth-order valence-electron chi connectivity index (χ4n) is 2.45. The zero-order valence-electron chi connectivity index (χ0n) is 11.5. The van der Waals surface area contributed by atoms with E-state index in [1.165, 1.54) is 7.11 Å². The second-order valence-corrected chi connectivity index (χ2v) is 5.15. The lowest BCUT2D eigenvalue weighted by atomic mass is 9.92. The summed E-state index contributed by atoms with van der Waals surface area (Å²) in [6.07, 6.45) is 2.58. The zero-order chi connectivity index (χ0) is 13.7. The number of carbonyl (C=O) groups excluding carboxylic acids is 2. The van der Waals surface area contributed by atoms with Crippen molar-refractivity contribution >= 4 is 11.9 Å². The molecule has 104 valence electrons. The van der Waals surface area contributed by atoms with Crippen molar-refractivity contribution in [2.24, 2.45) is 17.6 Å². The second kappa shape index (κ2) is 6.73. The van der Waals surface area contributed by atoms with Crippen LogP contribution in [0.15, 0.2) is 0 Å². The van der Waals surface area contributed by atoms with E-state index in [4.69, 9.17) is 10.5 Å². The van der Waals surface area contributed by atoms with Gasteiger partial charge in [0.15, 0.2) is 0 Å². The Morgan fingerprint density at radius 3 is 2.56 bits per heavy atom. The van der Waals surface area contributed by atoms with Gasteiger partial charge in [0.25, 0.3) is 0 Å². The third-order valence-electron chi connectivity index (χ3n) is 3.64. The second-order valence-electron chi connectivity index (χ2n) is 5.15. The minimum atomic E-state index is -0.427. The van der Waals surface area contributed by atoms with E-state index in [-0.39, 0.29) is 23.7 Å². The molecule has 1 rings (SSSR count). The van der Waals surface area contributed by atoms with Gasteiger partial charge in [0.2, 0.25) is 5.91 Å². The number of piperidine rings is 1. The molecule has 5 heteroatoms. The lowest BCUT2D eigenvalue weighted by Crippen LogP contribution is -2.52. The van der Waals surface area contributed by atoms with Crippen LogP contribution >= 0.6 is 0 Å². The van der Waals surface area contributed by atoms with Crippen LogP contribution in [0.3, 0.4) is 0 Å². The quantitative estimate of drug-likeness (QED) is 0.754. The molecule has 1 fully saturated rings. The lowest BCUT2D eigenvalue weighted by molar-refractivity contribution is -0.156. The molecule has 18 heavy (non-hydrogen) atoms. The highest BCUT2D eigenvalue weighted by atomic mass is 16.5. The van der Waals surface area contributed by atoms with Crippen LogP contribution in [0.4, 0.5) is 0 Å². The summed E-state index contributed by atoms with van der Waals surface area (Å²) in [5, 5.41) is 0. The first-order valence-corrected chi connectivity index (χ1v) is 6.61. The van der Waals surface area contributed by atoms with Crippen molar-refractivity contribution in [3.63, 3.8) is 0 Å². The van der Waals surface area contributed by atoms with Gasteiger partial charge in [0.05, 0.1) is 13.0 Å². The summed E-state index contributed by atoms with van der Waals surface area (Å²) in [5.41, 5.74) is 5.67. The molecule has 5 nitrogen and oxygen atoms in total. The van der Waals surface area contributed by atoms with Crippen molar-refractivity contribution < 1.29 is 14.3 Å². The molecule has 0 radical (unpaired) electrons. The van der Waals surface area contributed by atoms with Crippen LogP contribution in [0, 0.1) is 11.8 Å². The minimum Gasteiger partial charge on any atom is -0.467 e. The maximum absolute atomic E-state index is 12.4. The molecule has 2 N–H and O–H groups in total. The Morgan fingerprint density at radius 1 is 1.39 bits per heavy atom. The minimum absolute atomic E-state index is 0.0115. The van der Waals surface area contributed by atoms with Crippen LogP contribution in [0.5, 0.6) is 0 Å². The summed E-state index contributed by atoms with van der Waals surface area (Å²) in [5.74, 6) is -0.358. The molecule has 2 atom stereocenters. The summed E-state index contributed by atoms with van der Waals surface area (Å²) in [4.78, 5) is 25.8. The van der Waals surface area contributed by atoms with Gasteiger partial charge in [-0.15, -0.1) is 0 Å². The largest absolute Gasteiger partial charge is 0.467 e. The molecule has 1 aliphatic heterocycles. The predicted octanol–water partition coefficient (Wildman–Crippen LogP) is 0.771. The molecule has 0 aromatic carbocycles. The van der Waals surface area contributed by atoms with Crippen LogP contribution in [0.25, 0.3) is 0 Å². The highest BCUT2D eigenvalue weighted by Gasteiger charge is 2.36. The number of hydrogen-bond donors (Lipinski definition) is 1. The molecule has 1 saturated heterocycles. The molecule has 0 aromatic rings. The Morgan fingerprint density at radius 2 is 2.06 bits per heavy atom. The van der Waals surface area contributed by atoms with E-state index in [9.17, 15) is 9.59 Å². The van der Waals surface area contributed by atoms with Gasteiger partial charge in [-0.2, -0.15) is 0 Å². The average molecular weight is 256 g/mol. The molecule has 0 bridgehead atoms. The highest BCUT2D eigenvalue weighted by Crippen LogP contribution is 2.22. The van der Waals surface area contributed by atoms with Crippen molar-refractivity contribution in [1.82, 2.24) is 4.90 Å². The van der Waals surface area contributed by atoms with Crippen LogP contribution in [0.1, 0.15) is 33.1 Å². The van der Waals surface area contributed by atoms with E-state index < -0.39 is 6.04 Å². The maximum atomic E-state index is 12.4. The Bertz CT molecular complexity index is 305. The number of hydrogen-bond acceptors (Lipinski definition) is 4. The van der Waals surface area contributed by atoms with E-state index in [1.54, 1.807) is 4.90 Å². The van der Waals surface area contributed by atoms with Gasteiger partial charge in [-0.05, 0) is 25.2 Å². The summed E-state index contributed by atoms with van der Waals surface area (Å²) in [6, 6.07) is -0.427. The Hall–Kier alpha value is -1.10. The zero-order valence-corrected chi connectivity index (χ0v) is 11.5. The van der Waals surface area contributed by atoms with Crippen LogP contribution in [-0.4, -0.2) is 43.0 Å². The first kappa shape index (κ1) is 15.0. The fourth-order valence-corrected chi connectivity index (χ4v) is 2.45. The lowest BCUT2D eigenvalue weighted by Gasteiger charge is -2.36. The van der Waals surface area contributed by atoms with E-state index in [0.717, 1.165) is 12.8 Å². The number of likely N-dealkylation sites (tertiary alicyclic amines) is 1. The number of nitrogens with two attached hydrogens (primary N) is 1. The standard InChI is InChI=1S/C13H24N2O3/c1-9(2)10(8-14)12(16)15-7-5-4-6-11(15)13(17)18-3/h9-11H,4-8,14H2,1-3H3. The molecule has 1 heterocycles. The molecule has 0 saturated carbocycles. The normalized spacial score (nSPS) is 21.8. The molecular formula is C13H24N2O3. The molecule has 0 spiro atoms. The third kappa shape index (κ3) is 3.22. The van der Waals surface area contributed by atoms with Crippen molar-refractivity contribution in [2.45, 2.75) is 39.2 Å². The van der Waals surface area contributed by atoms with Gasteiger partial charge in [0.1, 0.15) is 6.04 Å². The molecular weight excluding hydrogens is 232 g/mol. The van der Waals surface area contributed by atoms with Gasteiger partial charge in [-0.3, -0.25) is 4.79 Å². The predicted molar refractivity (Wildman–Crippen MR) is 68.8 cm³/mol. The number of rotatable bonds is 4. The summed E-state index contributed by atoms with van der Waals surface area (Å²) < 4.78 is 4.78. The van der Waals surface area contributed by atoms with Crippen LogP contribution in [0.2, 0.25) is 0 Å². The highest BCUT2D eigenvalue weighted by molar-refractivity contribution is 5.86.